The molecule has 2 heterocycles. The standard InChI is InChI=1S/C21H14FN4/c1-14-10-23-20(24-11-14)17-6-2-4-15(8-17)16-5-3-7-18(9-16)21-25-12-19(22)13-26-21/h2-3,5-13H,1H3. The zero-order valence-corrected chi connectivity index (χ0v) is 14.0. The Kier molecular flexibility index (Phi) is 4.19. The van der Waals surface area contributed by atoms with Crippen LogP contribution in [0.4, 0.5) is 4.39 Å². The third-order valence-corrected chi connectivity index (χ3v) is 3.89. The SMILES string of the molecule is Cc1cnc(-c2cc[c]c(-c3cccc(-c4ncc(F)cn4)c3)c2)nc1. The summed E-state index contributed by atoms with van der Waals surface area (Å²) in [5.41, 5.74) is 4.62. The van der Waals surface area contributed by atoms with Crippen LogP contribution in [-0.2, 0) is 0 Å². The second-order valence-electron chi connectivity index (χ2n) is 5.88. The molecule has 4 nitrogen and oxygen atoms in total. The van der Waals surface area contributed by atoms with Gasteiger partial charge in [0.15, 0.2) is 17.5 Å². The first-order valence-corrected chi connectivity index (χ1v) is 8.08. The van der Waals surface area contributed by atoms with Crippen LogP contribution in [-0.4, -0.2) is 19.9 Å². The van der Waals surface area contributed by atoms with Gasteiger partial charge in [-0.2, -0.15) is 0 Å². The zero-order chi connectivity index (χ0) is 17.9. The van der Waals surface area contributed by atoms with Crippen LogP contribution in [0.3, 0.4) is 0 Å². The molecule has 0 amide bonds. The average Bonchev–Trinajstić information content (AvgIpc) is 2.69. The molecule has 0 aliphatic rings. The van der Waals surface area contributed by atoms with Gasteiger partial charge in [0, 0.05) is 23.5 Å². The third kappa shape index (κ3) is 3.32. The maximum absolute atomic E-state index is 13.0. The van der Waals surface area contributed by atoms with E-state index in [9.17, 15) is 4.39 Å². The minimum Gasteiger partial charge on any atom is -0.236 e. The minimum absolute atomic E-state index is 0.455. The molecule has 0 spiro atoms. The predicted molar refractivity (Wildman–Crippen MR) is 97.5 cm³/mol. The molecule has 2 aromatic carbocycles. The molecule has 0 unspecified atom stereocenters. The monoisotopic (exact) mass is 341 g/mol. The summed E-state index contributed by atoms with van der Waals surface area (Å²) in [5, 5.41) is 0. The molecular formula is C21H14FN4. The smallest absolute Gasteiger partial charge is 0.159 e. The summed E-state index contributed by atoms with van der Waals surface area (Å²) in [6, 6.07) is 16.8. The lowest BCUT2D eigenvalue weighted by Crippen LogP contribution is -1.91. The highest BCUT2D eigenvalue weighted by Gasteiger charge is 2.07. The average molecular weight is 341 g/mol. The summed E-state index contributed by atoms with van der Waals surface area (Å²) in [6.45, 7) is 1.96. The normalized spacial score (nSPS) is 10.7. The molecule has 0 saturated carbocycles. The first-order chi connectivity index (χ1) is 12.7. The fourth-order valence-corrected chi connectivity index (χ4v) is 2.60. The summed E-state index contributed by atoms with van der Waals surface area (Å²) in [4.78, 5) is 16.8. The highest BCUT2D eigenvalue weighted by molar-refractivity contribution is 5.73. The van der Waals surface area contributed by atoms with Gasteiger partial charge in [-0.05, 0) is 41.8 Å². The topological polar surface area (TPSA) is 51.6 Å². The van der Waals surface area contributed by atoms with E-state index in [1.807, 2.05) is 49.4 Å². The first kappa shape index (κ1) is 16.0. The van der Waals surface area contributed by atoms with Crippen molar-refractivity contribution in [2.45, 2.75) is 6.92 Å². The molecule has 0 atom stereocenters. The maximum Gasteiger partial charge on any atom is 0.159 e. The maximum atomic E-state index is 13.0. The van der Waals surface area contributed by atoms with E-state index in [4.69, 9.17) is 0 Å². The van der Waals surface area contributed by atoms with E-state index in [1.54, 1.807) is 12.4 Å². The van der Waals surface area contributed by atoms with Crippen LogP contribution in [0.1, 0.15) is 5.56 Å². The van der Waals surface area contributed by atoms with Crippen LogP contribution in [0.15, 0.2) is 67.3 Å². The van der Waals surface area contributed by atoms with E-state index >= 15 is 0 Å². The molecule has 5 heteroatoms. The van der Waals surface area contributed by atoms with Crippen LogP contribution in [0.25, 0.3) is 33.9 Å². The van der Waals surface area contributed by atoms with Crippen molar-refractivity contribution in [2.75, 3.05) is 0 Å². The first-order valence-electron chi connectivity index (χ1n) is 8.08. The number of hydrogen-bond donors (Lipinski definition) is 0. The van der Waals surface area contributed by atoms with Crippen LogP contribution < -0.4 is 0 Å². The quantitative estimate of drug-likeness (QED) is 0.550. The Labute approximate surface area is 150 Å². The summed E-state index contributed by atoms with van der Waals surface area (Å²) < 4.78 is 13.0. The van der Waals surface area contributed by atoms with E-state index in [1.165, 1.54) is 0 Å². The molecule has 1 radical (unpaired) electrons. The van der Waals surface area contributed by atoms with Gasteiger partial charge in [0.25, 0.3) is 0 Å². The van der Waals surface area contributed by atoms with Crippen molar-refractivity contribution in [3.63, 3.8) is 0 Å². The molecule has 4 rings (SSSR count). The Bertz CT molecular complexity index is 957. The number of aromatic nitrogens is 4. The van der Waals surface area contributed by atoms with Crippen molar-refractivity contribution in [3.8, 4) is 33.9 Å². The Balaban J connectivity index is 1.72. The summed E-state index contributed by atoms with van der Waals surface area (Å²) in [7, 11) is 0. The van der Waals surface area contributed by atoms with Crippen LogP contribution in [0.5, 0.6) is 0 Å². The van der Waals surface area contributed by atoms with Crippen molar-refractivity contribution < 1.29 is 4.39 Å². The van der Waals surface area contributed by atoms with Gasteiger partial charge in [-0.1, -0.05) is 30.3 Å². The van der Waals surface area contributed by atoms with Crippen molar-refractivity contribution in [1.82, 2.24) is 19.9 Å². The number of aryl methyl sites for hydroxylation is 1. The van der Waals surface area contributed by atoms with Crippen LogP contribution in [0.2, 0.25) is 0 Å². The third-order valence-electron chi connectivity index (χ3n) is 3.89. The fraction of sp³-hybridized carbons (Fsp3) is 0.0476. The van der Waals surface area contributed by atoms with Crippen LogP contribution in [0, 0.1) is 18.8 Å². The van der Waals surface area contributed by atoms with Gasteiger partial charge in [-0.3, -0.25) is 0 Å². The van der Waals surface area contributed by atoms with Gasteiger partial charge in [0.2, 0.25) is 0 Å². The summed E-state index contributed by atoms with van der Waals surface area (Å²) in [5.74, 6) is 0.694. The van der Waals surface area contributed by atoms with Gasteiger partial charge < -0.3 is 0 Å². The minimum atomic E-state index is -0.455. The van der Waals surface area contributed by atoms with E-state index in [0.29, 0.717) is 11.6 Å². The van der Waals surface area contributed by atoms with Gasteiger partial charge in [-0.25, -0.2) is 24.3 Å². The molecule has 0 N–H and O–H groups in total. The molecule has 0 bridgehead atoms. The van der Waals surface area contributed by atoms with Crippen molar-refractivity contribution in [1.29, 1.82) is 0 Å². The molecule has 0 saturated heterocycles. The molecule has 0 fully saturated rings. The summed E-state index contributed by atoms with van der Waals surface area (Å²) >= 11 is 0. The summed E-state index contributed by atoms with van der Waals surface area (Å²) in [6.07, 6.45) is 5.92. The molecule has 0 aliphatic carbocycles. The highest BCUT2D eigenvalue weighted by Crippen LogP contribution is 2.27. The van der Waals surface area contributed by atoms with E-state index in [0.717, 1.165) is 40.2 Å². The highest BCUT2D eigenvalue weighted by atomic mass is 19.1. The van der Waals surface area contributed by atoms with E-state index in [-0.39, 0.29) is 0 Å². The molecule has 125 valence electrons. The Morgan fingerprint density at radius 2 is 1.38 bits per heavy atom. The number of rotatable bonds is 3. The number of nitrogens with zero attached hydrogens (tertiary/aromatic N) is 4. The molecule has 26 heavy (non-hydrogen) atoms. The Morgan fingerprint density at radius 3 is 2.12 bits per heavy atom. The van der Waals surface area contributed by atoms with Gasteiger partial charge in [-0.15, -0.1) is 0 Å². The van der Waals surface area contributed by atoms with Crippen molar-refractivity contribution >= 4 is 0 Å². The lowest BCUT2D eigenvalue weighted by atomic mass is 10.0. The number of benzene rings is 2. The Hall–Kier alpha value is -3.47. The van der Waals surface area contributed by atoms with Crippen molar-refractivity contribution in [3.05, 3.63) is 84.7 Å². The van der Waals surface area contributed by atoms with Crippen molar-refractivity contribution in [2.24, 2.45) is 0 Å². The molecule has 2 aromatic heterocycles. The van der Waals surface area contributed by atoms with E-state index < -0.39 is 5.82 Å². The Morgan fingerprint density at radius 1 is 0.769 bits per heavy atom. The van der Waals surface area contributed by atoms with Gasteiger partial charge in [0.05, 0.1) is 12.4 Å². The van der Waals surface area contributed by atoms with E-state index in [2.05, 4.69) is 26.0 Å². The molecule has 0 aliphatic heterocycles. The number of halogens is 1. The van der Waals surface area contributed by atoms with Gasteiger partial charge >= 0.3 is 0 Å². The lowest BCUT2D eigenvalue weighted by Gasteiger charge is -2.07. The second kappa shape index (κ2) is 6.80. The zero-order valence-electron chi connectivity index (χ0n) is 14.0. The number of hydrogen-bond acceptors (Lipinski definition) is 4. The fourth-order valence-electron chi connectivity index (χ4n) is 2.60. The lowest BCUT2D eigenvalue weighted by molar-refractivity contribution is 0.614. The van der Waals surface area contributed by atoms with Gasteiger partial charge in [0.1, 0.15) is 0 Å². The van der Waals surface area contributed by atoms with Crippen LogP contribution >= 0.6 is 0 Å². The molecule has 4 aromatic rings. The largest absolute Gasteiger partial charge is 0.236 e. The second-order valence-corrected chi connectivity index (χ2v) is 5.88. The molecular weight excluding hydrogens is 327 g/mol. The predicted octanol–water partition coefficient (Wildman–Crippen LogP) is 4.52.